The number of halogens is 2. The molecule has 6 nitrogen and oxygen atoms in total. The van der Waals surface area contributed by atoms with Crippen LogP contribution in [0.2, 0.25) is 0 Å². The quantitative estimate of drug-likeness (QED) is 0.375. The average Bonchev–Trinajstić information content (AvgIpc) is 3.49. The molecule has 0 N–H and O–H groups in total. The van der Waals surface area contributed by atoms with Crippen molar-refractivity contribution in [3.8, 4) is 22.6 Å². The summed E-state index contributed by atoms with van der Waals surface area (Å²) in [5.74, 6) is 0.0280. The van der Waals surface area contributed by atoms with Crippen LogP contribution in [0.4, 0.5) is 8.78 Å². The van der Waals surface area contributed by atoms with Gasteiger partial charge in [-0.15, -0.1) is 0 Å². The van der Waals surface area contributed by atoms with Gasteiger partial charge in [-0.05, 0) is 54.8 Å². The van der Waals surface area contributed by atoms with E-state index >= 15 is 0 Å². The van der Waals surface area contributed by atoms with E-state index in [0.29, 0.717) is 52.6 Å². The van der Waals surface area contributed by atoms with Gasteiger partial charge in [-0.3, -0.25) is 4.79 Å². The van der Waals surface area contributed by atoms with E-state index in [1.807, 2.05) is 0 Å². The Morgan fingerprint density at radius 1 is 1.03 bits per heavy atom. The third-order valence-electron chi connectivity index (χ3n) is 6.04. The summed E-state index contributed by atoms with van der Waals surface area (Å²) in [5.41, 5.74) is 2.36. The average molecular weight is 464 g/mol. The first-order chi connectivity index (χ1) is 16.5. The Morgan fingerprint density at radius 2 is 1.79 bits per heavy atom. The number of carbonyl (C=O) groups excluding carboxylic acids is 1. The van der Waals surface area contributed by atoms with E-state index < -0.39 is 11.6 Å². The van der Waals surface area contributed by atoms with Crippen LogP contribution in [0.1, 0.15) is 35.1 Å². The number of rotatable bonds is 5. The number of benzene rings is 3. The van der Waals surface area contributed by atoms with Gasteiger partial charge in [0.15, 0.2) is 5.58 Å². The standard InChI is InChI=1S/C26H22F2N2O4/c1-32-18-10-16(11-19(14-18)33-2)26(31)30-9-3-4-23(30)25-29-22-12-15(5-8-24(22)34-25)20-7-6-17(27)13-21(20)28/h5-8,10-14,23H,3-4,9H2,1-2H3/t23-/m1/s1. The van der Waals surface area contributed by atoms with Gasteiger partial charge in [0, 0.05) is 29.8 Å². The summed E-state index contributed by atoms with van der Waals surface area (Å²) in [6, 6.07) is 13.3. The molecule has 4 aromatic rings. The molecule has 3 aromatic carbocycles. The summed E-state index contributed by atoms with van der Waals surface area (Å²) in [6.45, 7) is 0.563. The highest BCUT2D eigenvalue weighted by Gasteiger charge is 2.34. The van der Waals surface area contributed by atoms with Crippen LogP contribution in [0.15, 0.2) is 59.0 Å². The molecule has 1 atom stereocenters. The summed E-state index contributed by atoms with van der Waals surface area (Å²) >= 11 is 0. The zero-order valence-corrected chi connectivity index (χ0v) is 18.7. The molecule has 0 saturated carbocycles. The molecule has 0 radical (unpaired) electrons. The van der Waals surface area contributed by atoms with Crippen LogP contribution in [0.5, 0.6) is 11.5 Å². The minimum absolute atomic E-state index is 0.170. The van der Waals surface area contributed by atoms with E-state index in [-0.39, 0.29) is 17.5 Å². The summed E-state index contributed by atoms with van der Waals surface area (Å²) < 4.78 is 44.1. The molecular formula is C26H22F2N2O4. The number of fused-ring (bicyclic) bond motifs is 1. The van der Waals surface area contributed by atoms with Crippen molar-refractivity contribution < 1.29 is 27.5 Å². The molecule has 1 fully saturated rings. The maximum Gasteiger partial charge on any atom is 0.254 e. The number of hydrogen-bond donors (Lipinski definition) is 0. The second-order valence-corrected chi connectivity index (χ2v) is 8.12. The Morgan fingerprint density at radius 3 is 2.50 bits per heavy atom. The lowest BCUT2D eigenvalue weighted by molar-refractivity contribution is 0.0716. The van der Waals surface area contributed by atoms with Gasteiger partial charge in [-0.1, -0.05) is 6.07 Å². The largest absolute Gasteiger partial charge is 0.497 e. The minimum Gasteiger partial charge on any atom is -0.497 e. The predicted molar refractivity (Wildman–Crippen MR) is 122 cm³/mol. The molecule has 1 aliphatic heterocycles. The number of ether oxygens (including phenoxy) is 2. The van der Waals surface area contributed by atoms with Crippen LogP contribution in [0.25, 0.3) is 22.2 Å². The van der Waals surface area contributed by atoms with Crippen LogP contribution in [-0.2, 0) is 0 Å². The first-order valence-corrected chi connectivity index (χ1v) is 10.9. The van der Waals surface area contributed by atoms with Gasteiger partial charge in [-0.25, -0.2) is 13.8 Å². The van der Waals surface area contributed by atoms with E-state index in [1.165, 1.54) is 26.4 Å². The summed E-state index contributed by atoms with van der Waals surface area (Å²) in [6.07, 6.45) is 1.52. The molecule has 8 heteroatoms. The van der Waals surface area contributed by atoms with Crippen LogP contribution in [-0.4, -0.2) is 36.6 Å². The number of likely N-dealkylation sites (tertiary alicyclic amines) is 1. The third-order valence-corrected chi connectivity index (χ3v) is 6.04. The molecule has 34 heavy (non-hydrogen) atoms. The second kappa shape index (κ2) is 8.78. The van der Waals surface area contributed by atoms with E-state index in [9.17, 15) is 13.6 Å². The van der Waals surface area contributed by atoms with Crippen LogP contribution in [0.3, 0.4) is 0 Å². The molecule has 1 aliphatic rings. The summed E-state index contributed by atoms with van der Waals surface area (Å²) in [5, 5.41) is 0. The normalized spacial score (nSPS) is 15.6. The molecule has 2 heterocycles. The Bertz CT molecular complexity index is 1360. The van der Waals surface area contributed by atoms with Crippen molar-refractivity contribution in [1.82, 2.24) is 9.88 Å². The lowest BCUT2D eigenvalue weighted by Crippen LogP contribution is -2.30. The van der Waals surface area contributed by atoms with Gasteiger partial charge in [0.1, 0.15) is 34.7 Å². The van der Waals surface area contributed by atoms with Gasteiger partial charge in [0.05, 0.1) is 14.2 Å². The first kappa shape index (κ1) is 21.9. The number of nitrogens with zero attached hydrogens (tertiary/aromatic N) is 2. The Kier molecular flexibility index (Phi) is 5.65. The number of carbonyl (C=O) groups is 1. The molecule has 0 aliphatic carbocycles. The van der Waals surface area contributed by atoms with Crippen molar-refractivity contribution in [3.63, 3.8) is 0 Å². The molecule has 0 bridgehead atoms. The van der Waals surface area contributed by atoms with Crippen molar-refractivity contribution >= 4 is 17.0 Å². The van der Waals surface area contributed by atoms with Crippen molar-refractivity contribution in [2.24, 2.45) is 0 Å². The Labute approximate surface area is 194 Å². The molecule has 0 unspecified atom stereocenters. The van der Waals surface area contributed by atoms with Crippen molar-refractivity contribution in [2.75, 3.05) is 20.8 Å². The predicted octanol–water partition coefficient (Wildman–Crippen LogP) is 5.77. The first-order valence-electron chi connectivity index (χ1n) is 10.9. The monoisotopic (exact) mass is 464 g/mol. The van der Waals surface area contributed by atoms with Gasteiger partial charge >= 0.3 is 0 Å². The second-order valence-electron chi connectivity index (χ2n) is 8.12. The molecule has 1 aromatic heterocycles. The summed E-state index contributed by atoms with van der Waals surface area (Å²) in [4.78, 5) is 19.7. The smallest absolute Gasteiger partial charge is 0.254 e. The number of hydrogen-bond acceptors (Lipinski definition) is 5. The highest BCUT2D eigenvalue weighted by atomic mass is 19.1. The van der Waals surface area contributed by atoms with Crippen LogP contribution >= 0.6 is 0 Å². The van der Waals surface area contributed by atoms with Gasteiger partial charge < -0.3 is 18.8 Å². The topological polar surface area (TPSA) is 64.8 Å². The lowest BCUT2D eigenvalue weighted by Gasteiger charge is -2.22. The Hall–Kier alpha value is -3.94. The van der Waals surface area contributed by atoms with Gasteiger partial charge in [0.2, 0.25) is 5.89 Å². The summed E-state index contributed by atoms with van der Waals surface area (Å²) in [7, 11) is 3.07. The molecule has 1 amide bonds. The number of oxazole rings is 1. The maximum absolute atomic E-state index is 14.3. The van der Waals surface area contributed by atoms with Crippen molar-refractivity contribution in [3.05, 3.63) is 77.7 Å². The van der Waals surface area contributed by atoms with E-state index in [0.717, 1.165) is 12.5 Å². The molecule has 174 valence electrons. The molecule has 0 spiro atoms. The van der Waals surface area contributed by atoms with E-state index in [4.69, 9.17) is 13.9 Å². The van der Waals surface area contributed by atoms with Gasteiger partial charge in [-0.2, -0.15) is 0 Å². The number of amides is 1. The zero-order valence-electron chi connectivity index (χ0n) is 18.7. The van der Waals surface area contributed by atoms with E-state index in [1.54, 1.807) is 41.3 Å². The SMILES string of the molecule is COc1cc(OC)cc(C(=O)N2CCC[C@@H]2c2nc3cc(-c4ccc(F)cc4F)ccc3o2)c1. The zero-order chi connectivity index (χ0) is 23.8. The third kappa shape index (κ3) is 3.96. The Balaban J connectivity index is 1.46. The maximum atomic E-state index is 14.3. The highest BCUT2D eigenvalue weighted by Crippen LogP contribution is 2.36. The van der Waals surface area contributed by atoms with E-state index in [2.05, 4.69) is 4.98 Å². The highest BCUT2D eigenvalue weighted by molar-refractivity contribution is 5.95. The van der Waals surface area contributed by atoms with Crippen molar-refractivity contribution in [1.29, 1.82) is 0 Å². The molecule has 5 rings (SSSR count). The fourth-order valence-corrected chi connectivity index (χ4v) is 4.34. The molecule has 1 saturated heterocycles. The van der Waals surface area contributed by atoms with Crippen LogP contribution in [0, 0.1) is 11.6 Å². The fraction of sp³-hybridized carbons (Fsp3) is 0.231. The number of methoxy groups -OCH3 is 2. The van der Waals surface area contributed by atoms with Crippen LogP contribution < -0.4 is 9.47 Å². The van der Waals surface area contributed by atoms with Gasteiger partial charge in [0.25, 0.3) is 5.91 Å². The number of aromatic nitrogens is 1. The minimum atomic E-state index is -0.649. The molecular weight excluding hydrogens is 442 g/mol. The fourth-order valence-electron chi connectivity index (χ4n) is 4.34. The lowest BCUT2D eigenvalue weighted by atomic mass is 10.0. The van der Waals surface area contributed by atoms with Crippen molar-refractivity contribution in [2.45, 2.75) is 18.9 Å².